The Labute approximate surface area is 310 Å². The van der Waals surface area contributed by atoms with Crippen LogP contribution in [0.4, 0.5) is 0 Å². The summed E-state index contributed by atoms with van der Waals surface area (Å²) < 4.78 is 45.0. The van der Waals surface area contributed by atoms with Crippen LogP contribution in [0.25, 0.3) is 0 Å². The fourth-order valence-corrected chi connectivity index (χ4v) is 9.65. The third-order valence-electron chi connectivity index (χ3n) is 12.9. The van der Waals surface area contributed by atoms with Crippen molar-refractivity contribution in [3.63, 3.8) is 0 Å². The van der Waals surface area contributed by atoms with E-state index in [4.69, 9.17) is 33.2 Å². The first-order valence-electron chi connectivity index (χ1n) is 19.5. The van der Waals surface area contributed by atoms with E-state index in [0.29, 0.717) is 18.6 Å². The molecule has 0 aromatic heterocycles. The molecule has 0 radical (unpaired) electrons. The summed E-state index contributed by atoms with van der Waals surface area (Å²) in [4.78, 5) is 16.5. The maximum atomic E-state index is 14.2. The van der Waals surface area contributed by atoms with Crippen molar-refractivity contribution in [2.75, 3.05) is 20.2 Å². The number of rotatable bonds is 7. The number of aliphatic hydroxyl groups is 4. The van der Waals surface area contributed by atoms with Crippen molar-refractivity contribution < 1.29 is 58.4 Å². The van der Waals surface area contributed by atoms with Crippen LogP contribution in [0.3, 0.4) is 0 Å². The molecule has 2 bridgehead atoms. The average Bonchev–Trinajstić information content (AvgIpc) is 3.74. The van der Waals surface area contributed by atoms with E-state index in [1.165, 1.54) is 14.0 Å². The van der Waals surface area contributed by atoms with Crippen LogP contribution in [0.1, 0.15) is 108 Å². The van der Waals surface area contributed by atoms with Crippen molar-refractivity contribution in [1.29, 1.82) is 0 Å². The first-order valence-corrected chi connectivity index (χ1v) is 19.5. The van der Waals surface area contributed by atoms with Gasteiger partial charge in [-0.1, -0.05) is 20.8 Å². The van der Waals surface area contributed by atoms with Gasteiger partial charge in [-0.15, -0.1) is 0 Å². The molecular weight excluding hydrogens is 674 g/mol. The highest BCUT2D eigenvalue weighted by atomic mass is 16.7. The molecule has 5 aliphatic heterocycles. The zero-order valence-electron chi connectivity index (χ0n) is 33.2. The number of carbonyl (C=O) groups excluding carboxylic acids is 1. The summed E-state index contributed by atoms with van der Waals surface area (Å²) in [7, 11) is 1.53. The van der Waals surface area contributed by atoms with Gasteiger partial charge >= 0.3 is 5.97 Å². The molecule has 5 heterocycles. The molecule has 4 fully saturated rings. The van der Waals surface area contributed by atoms with Gasteiger partial charge in [-0.05, 0) is 92.8 Å². The molecule has 0 aromatic rings. The van der Waals surface area contributed by atoms with Crippen LogP contribution in [-0.4, -0.2) is 136 Å². The second kappa shape index (κ2) is 16.0. The molecule has 13 heteroatoms. The van der Waals surface area contributed by atoms with E-state index in [1.54, 1.807) is 34.6 Å². The number of esters is 1. The van der Waals surface area contributed by atoms with Gasteiger partial charge in [0, 0.05) is 37.8 Å². The molecule has 0 spiro atoms. The molecular formula is C39H67NO12. The predicted octanol–water partition coefficient (Wildman–Crippen LogP) is 3.43. The zero-order valence-corrected chi connectivity index (χ0v) is 33.2. The van der Waals surface area contributed by atoms with Crippen molar-refractivity contribution in [2.24, 2.45) is 17.8 Å². The molecule has 17 atom stereocenters. The van der Waals surface area contributed by atoms with Gasteiger partial charge < -0.3 is 53.6 Å². The van der Waals surface area contributed by atoms with Crippen molar-refractivity contribution in [2.45, 2.75) is 192 Å². The van der Waals surface area contributed by atoms with Crippen LogP contribution in [-0.2, 0) is 38.0 Å². The quantitative estimate of drug-likeness (QED) is 0.281. The number of hydrogen-bond acceptors (Lipinski definition) is 13. The molecule has 300 valence electrons. The Bertz CT molecular complexity index is 1270. The first-order chi connectivity index (χ1) is 24.3. The summed E-state index contributed by atoms with van der Waals surface area (Å²) in [6, 6.07) is -0.145. The SMILES string of the molecule is CC[C@H]1OC(=O)[C@H](C)[C@@H](O[C@H]2C[C@@](C)(OC)[C@@H](O)[C@H](C)O2)[C@H](C)[C@@H](O[C@@H]2O[C@H](C)C[C@H](N3CCCC3)[C@H]2O)[C@@]2(C)CC(C)=C(O2)[C@H](C)[C@@H](O)[C@]1(C)O. The van der Waals surface area contributed by atoms with E-state index >= 15 is 0 Å². The van der Waals surface area contributed by atoms with Crippen molar-refractivity contribution in [1.82, 2.24) is 4.90 Å². The molecule has 0 amide bonds. The molecule has 0 aromatic carbocycles. The lowest BCUT2D eigenvalue weighted by molar-refractivity contribution is -0.317. The van der Waals surface area contributed by atoms with Gasteiger partial charge in [0.2, 0.25) is 0 Å². The van der Waals surface area contributed by atoms with E-state index in [0.717, 1.165) is 31.5 Å². The number of cyclic esters (lactones) is 1. The van der Waals surface area contributed by atoms with Gasteiger partial charge in [0.25, 0.3) is 0 Å². The Balaban J connectivity index is 1.58. The monoisotopic (exact) mass is 741 g/mol. The lowest BCUT2D eigenvalue weighted by Crippen LogP contribution is -2.60. The fraction of sp³-hybridized carbons (Fsp3) is 0.923. The Kier molecular flexibility index (Phi) is 12.8. The summed E-state index contributed by atoms with van der Waals surface area (Å²) >= 11 is 0. The number of ether oxygens (including phenoxy) is 7. The van der Waals surface area contributed by atoms with Crippen LogP contribution < -0.4 is 0 Å². The highest BCUT2D eigenvalue weighted by Crippen LogP contribution is 2.47. The molecule has 5 aliphatic rings. The van der Waals surface area contributed by atoms with E-state index in [9.17, 15) is 25.2 Å². The Morgan fingerprint density at radius 3 is 2.21 bits per heavy atom. The van der Waals surface area contributed by atoms with Gasteiger partial charge in [0.15, 0.2) is 12.6 Å². The minimum atomic E-state index is -1.82. The highest BCUT2D eigenvalue weighted by Gasteiger charge is 2.56. The van der Waals surface area contributed by atoms with Crippen LogP contribution in [0.2, 0.25) is 0 Å². The summed E-state index contributed by atoms with van der Waals surface area (Å²) in [5, 5.41) is 46.3. The summed E-state index contributed by atoms with van der Waals surface area (Å²) in [5.41, 5.74) is -2.97. The number of fused-ring (bicyclic) bond motifs is 2. The second-order valence-corrected chi connectivity index (χ2v) is 17.1. The van der Waals surface area contributed by atoms with Crippen molar-refractivity contribution >= 4 is 5.97 Å². The van der Waals surface area contributed by atoms with Crippen LogP contribution in [0, 0.1) is 17.8 Å². The molecule has 4 saturated heterocycles. The van der Waals surface area contributed by atoms with Gasteiger partial charge in [0.1, 0.15) is 41.4 Å². The van der Waals surface area contributed by atoms with E-state index in [1.807, 2.05) is 27.7 Å². The minimum Gasteiger partial charge on any atom is -0.489 e. The smallest absolute Gasteiger partial charge is 0.311 e. The topological polar surface area (TPSA) is 166 Å². The molecule has 5 rings (SSSR count). The third kappa shape index (κ3) is 7.97. The number of aliphatic hydroxyl groups excluding tert-OH is 3. The number of likely N-dealkylation sites (tertiary alicyclic amines) is 1. The van der Waals surface area contributed by atoms with Gasteiger partial charge in [-0.2, -0.15) is 0 Å². The summed E-state index contributed by atoms with van der Waals surface area (Å²) in [6.07, 6.45) is -4.99. The number of methoxy groups -OCH3 is 1. The standard InChI is InChI=1S/C39H67NO12/c1-12-27-39(10,45)32(42)22(4)30-20(2)18-38(9,52-30)34(51-36-29(41)26(17-21(3)47-36)40-15-13-14-16-40)23(5)31(24(6)35(44)49-27)50-28-19-37(8,46-11)33(43)25(7)48-28/h21-29,31-34,36,41-43,45H,12-19H2,1-11H3/t21-,22+,23+,24-,25+,26+,27-,28+,29-,31+,32-,33+,34-,36+,37-,38-,39-/m1/s1. The first kappa shape index (κ1) is 41.8. The maximum absolute atomic E-state index is 14.2. The number of nitrogens with zero attached hydrogens (tertiary/aromatic N) is 1. The fourth-order valence-electron chi connectivity index (χ4n) is 9.65. The van der Waals surface area contributed by atoms with E-state index in [-0.39, 0.29) is 25.0 Å². The lowest BCUT2D eigenvalue weighted by Gasteiger charge is -2.49. The normalized spacial score (nSPS) is 49.9. The van der Waals surface area contributed by atoms with Gasteiger partial charge in [0.05, 0.1) is 35.9 Å². The molecule has 52 heavy (non-hydrogen) atoms. The molecule has 13 nitrogen and oxygen atoms in total. The summed E-state index contributed by atoms with van der Waals surface area (Å²) in [5.74, 6) is -2.27. The zero-order chi connectivity index (χ0) is 38.5. The average molecular weight is 742 g/mol. The lowest BCUT2D eigenvalue weighted by atomic mass is 9.78. The minimum absolute atomic E-state index is 0.145. The molecule has 4 N–H and O–H groups in total. The van der Waals surface area contributed by atoms with Gasteiger partial charge in [-0.3, -0.25) is 9.69 Å². The molecule has 0 unspecified atom stereocenters. The van der Waals surface area contributed by atoms with Crippen LogP contribution >= 0.6 is 0 Å². The predicted molar refractivity (Wildman–Crippen MR) is 191 cm³/mol. The van der Waals surface area contributed by atoms with E-state index in [2.05, 4.69) is 4.90 Å². The van der Waals surface area contributed by atoms with Crippen LogP contribution in [0.15, 0.2) is 11.3 Å². The highest BCUT2D eigenvalue weighted by molar-refractivity contribution is 5.73. The number of hydrogen-bond donors (Lipinski definition) is 4. The number of carbonyl (C=O) groups is 1. The molecule has 0 aliphatic carbocycles. The molecule has 0 saturated carbocycles. The van der Waals surface area contributed by atoms with Gasteiger partial charge in [-0.25, -0.2) is 0 Å². The third-order valence-corrected chi connectivity index (χ3v) is 12.9. The van der Waals surface area contributed by atoms with Crippen LogP contribution in [0.5, 0.6) is 0 Å². The largest absolute Gasteiger partial charge is 0.489 e. The second-order valence-electron chi connectivity index (χ2n) is 17.1. The van der Waals surface area contributed by atoms with E-state index < -0.39 is 95.8 Å². The Morgan fingerprint density at radius 1 is 0.942 bits per heavy atom. The van der Waals surface area contributed by atoms with Crippen molar-refractivity contribution in [3.05, 3.63) is 11.3 Å². The Hall–Kier alpha value is -1.39. The summed E-state index contributed by atoms with van der Waals surface area (Å²) in [6.45, 7) is 19.9. The van der Waals surface area contributed by atoms with Crippen molar-refractivity contribution in [3.8, 4) is 0 Å². The Morgan fingerprint density at radius 2 is 1.60 bits per heavy atom. The maximum Gasteiger partial charge on any atom is 0.311 e.